The van der Waals surface area contributed by atoms with Crippen LogP contribution in [0.5, 0.6) is 17.2 Å². The first kappa shape index (κ1) is 25.5. The minimum absolute atomic E-state index is 0.0516. The maximum absolute atomic E-state index is 12.3. The first-order valence-corrected chi connectivity index (χ1v) is 10.6. The Morgan fingerprint density at radius 3 is 2.50 bits per heavy atom. The maximum atomic E-state index is 12.3. The number of methoxy groups -OCH3 is 1. The Hall–Kier alpha value is -3.15. The summed E-state index contributed by atoms with van der Waals surface area (Å²) in [5.41, 5.74) is 1.43. The molecule has 1 heterocycles. The van der Waals surface area contributed by atoms with Gasteiger partial charge in [0, 0.05) is 6.08 Å². The monoisotopic (exact) mass is 476 g/mol. The van der Waals surface area contributed by atoms with E-state index in [0.717, 1.165) is 11.6 Å². The average molecular weight is 476 g/mol. The number of phenolic OH excluding ortho intramolecular Hbond substituents is 2. The van der Waals surface area contributed by atoms with Gasteiger partial charge in [-0.05, 0) is 47.9 Å². The number of aliphatic hydroxyl groups excluding tert-OH is 3. The summed E-state index contributed by atoms with van der Waals surface area (Å²) in [7, 11) is 1.39. The molecule has 3 rings (SSSR count). The van der Waals surface area contributed by atoms with Gasteiger partial charge in [-0.25, -0.2) is 4.79 Å². The number of carbonyl (C=O) groups is 1. The number of ether oxygens (including phenoxy) is 4. The number of hydrogen-bond donors (Lipinski definition) is 5. The summed E-state index contributed by atoms with van der Waals surface area (Å²) in [5, 5.41) is 49.5. The number of aliphatic hydroxyl groups is 3. The standard InChI is InChI=1S/C24H28O10/c1-31-18-12-15(4-8-17(18)27)5-9-20(28)34-23-19(13-25)33-24(22(30)21(23)29)32-11-10-14-2-6-16(26)7-3-14/h2-9,12,19,21-27,29-30H,10-11,13H2,1H3/t19-,21-,22-,23-,24?/m1/s1. The molecule has 0 spiro atoms. The quantitative estimate of drug-likeness (QED) is 0.258. The van der Waals surface area contributed by atoms with E-state index in [4.69, 9.17) is 18.9 Å². The zero-order valence-corrected chi connectivity index (χ0v) is 18.5. The van der Waals surface area contributed by atoms with E-state index in [1.165, 1.54) is 25.3 Å². The zero-order valence-electron chi connectivity index (χ0n) is 18.5. The second-order valence-electron chi connectivity index (χ2n) is 7.66. The Balaban J connectivity index is 1.56. The third-order valence-corrected chi connectivity index (χ3v) is 5.30. The van der Waals surface area contributed by atoms with Crippen molar-refractivity contribution in [3.63, 3.8) is 0 Å². The van der Waals surface area contributed by atoms with Crippen molar-refractivity contribution in [2.24, 2.45) is 0 Å². The molecule has 2 aromatic rings. The minimum atomic E-state index is -1.56. The number of esters is 1. The molecule has 2 aromatic carbocycles. The van der Waals surface area contributed by atoms with Crippen LogP contribution in [-0.4, -0.2) is 82.5 Å². The molecule has 0 aliphatic carbocycles. The molecule has 5 N–H and O–H groups in total. The lowest BCUT2D eigenvalue weighted by Gasteiger charge is -2.41. The highest BCUT2D eigenvalue weighted by molar-refractivity contribution is 5.87. The van der Waals surface area contributed by atoms with Crippen LogP contribution in [0.15, 0.2) is 48.5 Å². The lowest BCUT2D eigenvalue weighted by atomic mass is 9.99. The molecule has 0 aromatic heterocycles. The van der Waals surface area contributed by atoms with Gasteiger partial charge >= 0.3 is 5.97 Å². The zero-order chi connectivity index (χ0) is 24.7. The van der Waals surface area contributed by atoms with Gasteiger partial charge in [-0.2, -0.15) is 0 Å². The van der Waals surface area contributed by atoms with Gasteiger partial charge in [-0.15, -0.1) is 0 Å². The van der Waals surface area contributed by atoms with E-state index >= 15 is 0 Å². The Labute approximate surface area is 196 Å². The predicted molar refractivity (Wildman–Crippen MR) is 119 cm³/mol. The Bertz CT molecular complexity index is 972. The lowest BCUT2D eigenvalue weighted by molar-refractivity contribution is -0.302. The fourth-order valence-electron chi connectivity index (χ4n) is 3.43. The molecule has 1 unspecified atom stereocenters. The van der Waals surface area contributed by atoms with Crippen molar-refractivity contribution in [1.29, 1.82) is 0 Å². The van der Waals surface area contributed by atoms with Gasteiger partial charge in [-0.1, -0.05) is 18.2 Å². The van der Waals surface area contributed by atoms with E-state index in [-0.39, 0.29) is 23.9 Å². The first-order chi connectivity index (χ1) is 16.3. The third kappa shape index (κ3) is 6.46. The number of phenols is 2. The highest BCUT2D eigenvalue weighted by Gasteiger charge is 2.46. The van der Waals surface area contributed by atoms with Crippen LogP contribution in [0, 0.1) is 0 Å². The average Bonchev–Trinajstić information content (AvgIpc) is 2.84. The summed E-state index contributed by atoms with van der Waals surface area (Å²) in [6, 6.07) is 11.0. The van der Waals surface area contributed by atoms with Gasteiger partial charge in [0.2, 0.25) is 0 Å². The molecule has 34 heavy (non-hydrogen) atoms. The van der Waals surface area contributed by atoms with E-state index < -0.39 is 43.3 Å². The third-order valence-electron chi connectivity index (χ3n) is 5.30. The molecule has 0 radical (unpaired) electrons. The molecule has 1 saturated heterocycles. The first-order valence-electron chi connectivity index (χ1n) is 10.6. The Kier molecular flexibility index (Phi) is 8.85. The lowest BCUT2D eigenvalue weighted by Crippen LogP contribution is -2.60. The van der Waals surface area contributed by atoms with Gasteiger partial charge in [0.25, 0.3) is 0 Å². The molecule has 0 bridgehead atoms. The van der Waals surface area contributed by atoms with E-state index in [1.54, 1.807) is 30.3 Å². The van der Waals surface area contributed by atoms with Crippen LogP contribution < -0.4 is 4.74 Å². The van der Waals surface area contributed by atoms with Crippen molar-refractivity contribution >= 4 is 12.0 Å². The van der Waals surface area contributed by atoms with E-state index in [1.807, 2.05) is 0 Å². The second kappa shape index (κ2) is 11.8. The molecular weight excluding hydrogens is 448 g/mol. The second-order valence-corrected chi connectivity index (χ2v) is 7.66. The number of hydrogen-bond acceptors (Lipinski definition) is 10. The molecule has 1 aliphatic rings. The topological polar surface area (TPSA) is 155 Å². The highest BCUT2D eigenvalue weighted by Crippen LogP contribution is 2.27. The largest absolute Gasteiger partial charge is 0.508 e. The van der Waals surface area contributed by atoms with Gasteiger partial charge in [0.05, 0.1) is 20.3 Å². The van der Waals surface area contributed by atoms with Crippen molar-refractivity contribution in [2.45, 2.75) is 37.1 Å². The fraction of sp³-hybridized carbons (Fsp3) is 0.375. The Morgan fingerprint density at radius 1 is 1.09 bits per heavy atom. The highest BCUT2D eigenvalue weighted by atomic mass is 16.7. The number of carbonyl (C=O) groups excluding carboxylic acids is 1. The molecule has 1 aliphatic heterocycles. The summed E-state index contributed by atoms with van der Waals surface area (Å²) in [6.45, 7) is -0.445. The summed E-state index contributed by atoms with van der Waals surface area (Å²) in [5.74, 6) is -0.518. The summed E-state index contributed by atoms with van der Waals surface area (Å²) >= 11 is 0. The van der Waals surface area contributed by atoms with Crippen molar-refractivity contribution in [3.05, 3.63) is 59.7 Å². The summed E-state index contributed by atoms with van der Waals surface area (Å²) < 4.78 is 21.3. The number of rotatable bonds is 9. The normalized spacial score (nSPS) is 24.8. The molecule has 0 saturated carbocycles. The molecular formula is C24H28O10. The van der Waals surface area contributed by atoms with Crippen molar-refractivity contribution in [2.75, 3.05) is 20.3 Å². The van der Waals surface area contributed by atoms with Gasteiger partial charge in [-0.3, -0.25) is 0 Å². The number of benzene rings is 2. The molecule has 5 atom stereocenters. The van der Waals surface area contributed by atoms with Gasteiger partial charge in [0.15, 0.2) is 23.9 Å². The Morgan fingerprint density at radius 2 is 1.82 bits per heavy atom. The minimum Gasteiger partial charge on any atom is -0.508 e. The molecule has 0 amide bonds. The van der Waals surface area contributed by atoms with Crippen LogP contribution in [0.25, 0.3) is 6.08 Å². The van der Waals surface area contributed by atoms with Crippen LogP contribution in [0.1, 0.15) is 11.1 Å². The van der Waals surface area contributed by atoms with Crippen molar-refractivity contribution < 1.29 is 49.3 Å². The van der Waals surface area contributed by atoms with Crippen LogP contribution in [0.2, 0.25) is 0 Å². The van der Waals surface area contributed by atoms with Gasteiger partial charge in [0.1, 0.15) is 24.1 Å². The predicted octanol–water partition coefficient (Wildman–Crippen LogP) is 0.730. The van der Waals surface area contributed by atoms with Gasteiger partial charge < -0.3 is 44.5 Å². The summed E-state index contributed by atoms with van der Waals surface area (Å²) in [4.78, 5) is 12.3. The van der Waals surface area contributed by atoms with Crippen LogP contribution in [0.4, 0.5) is 0 Å². The smallest absolute Gasteiger partial charge is 0.331 e. The maximum Gasteiger partial charge on any atom is 0.331 e. The number of aromatic hydroxyl groups is 2. The van der Waals surface area contributed by atoms with Crippen LogP contribution in [0.3, 0.4) is 0 Å². The van der Waals surface area contributed by atoms with E-state index in [9.17, 15) is 30.3 Å². The molecule has 10 nitrogen and oxygen atoms in total. The van der Waals surface area contributed by atoms with Crippen LogP contribution >= 0.6 is 0 Å². The van der Waals surface area contributed by atoms with E-state index in [0.29, 0.717) is 12.0 Å². The van der Waals surface area contributed by atoms with Crippen molar-refractivity contribution in [3.8, 4) is 17.2 Å². The fourth-order valence-corrected chi connectivity index (χ4v) is 3.43. The van der Waals surface area contributed by atoms with Crippen LogP contribution in [-0.2, 0) is 25.4 Å². The van der Waals surface area contributed by atoms with E-state index in [2.05, 4.69) is 0 Å². The molecule has 10 heteroatoms. The van der Waals surface area contributed by atoms with Crippen molar-refractivity contribution in [1.82, 2.24) is 0 Å². The SMILES string of the molecule is COc1cc(C=CC(=O)O[C@H]2[C@H](O)[C@@H](O)C(OCCc3ccc(O)cc3)O[C@@H]2CO)ccc1O. The molecule has 184 valence electrons. The summed E-state index contributed by atoms with van der Waals surface area (Å²) in [6.07, 6.45) is -3.80. The molecule has 1 fully saturated rings.